The molecule has 0 saturated carbocycles. The van der Waals surface area contributed by atoms with Gasteiger partial charge in [0.2, 0.25) is 0 Å². The third-order valence-electron chi connectivity index (χ3n) is 4.12. The molecule has 2 heterocycles. The Labute approximate surface area is 125 Å². The summed E-state index contributed by atoms with van der Waals surface area (Å²) in [6.45, 7) is 0. The number of halogens is 2. The smallest absolute Gasteiger partial charge is 0.257 e. The topological polar surface area (TPSA) is 40.5 Å². The molecule has 2 bridgehead atoms. The first-order valence-corrected chi connectivity index (χ1v) is 7.69. The Morgan fingerprint density at radius 2 is 1.95 bits per heavy atom. The molecular formula is C14H15BrClNO2. The Balaban J connectivity index is 1.93. The van der Waals surface area contributed by atoms with Crippen LogP contribution in [0.4, 0.5) is 0 Å². The lowest BCUT2D eigenvalue weighted by molar-refractivity contribution is 0.0286. The summed E-state index contributed by atoms with van der Waals surface area (Å²) in [7, 11) is 0. The number of hydrogen-bond donors (Lipinski definition) is 1. The zero-order valence-electron chi connectivity index (χ0n) is 10.4. The van der Waals surface area contributed by atoms with Crippen LogP contribution in [-0.2, 0) is 0 Å². The number of amides is 1. The van der Waals surface area contributed by atoms with Crippen molar-refractivity contribution >= 4 is 33.4 Å². The van der Waals surface area contributed by atoms with E-state index in [0.717, 1.165) is 17.3 Å². The summed E-state index contributed by atoms with van der Waals surface area (Å²) in [4.78, 5) is 14.7. The van der Waals surface area contributed by atoms with E-state index in [9.17, 15) is 9.90 Å². The van der Waals surface area contributed by atoms with E-state index in [-0.39, 0.29) is 24.1 Å². The average molecular weight is 345 g/mol. The second-order valence-electron chi connectivity index (χ2n) is 5.32. The number of aliphatic hydroxyl groups excluding tert-OH is 1. The molecule has 3 nitrogen and oxygen atoms in total. The van der Waals surface area contributed by atoms with E-state index in [0.29, 0.717) is 23.4 Å². The Morgan fingerprint density at radius 1 is 1.32 bits per heavy atom. The van der Waals surface area contributed by atoms with Crippen molar-refractivity contribution in [3.63, 3.8) is 0 Å². The molecule has 19 heavy (non-hydrogen) atoms. The minimum Gasteiger partial charge on any atom is -0.393 e. The van der Waals surface area contributed by atoms with E-state index in [2.05, 4.69) is 15.9 Å². The molecule has 2 unspecified atom stereocenters. The number of piperidine rings is 1. The maximum absolute atomic E-state index is 12.7. The zero-order valence-corrected chi connectivity index (χ0v) is 12.7. The summed E-state index contributed by atoms with van der Waals surface area (Å²) >= 11 is 9.57. The van der Waals surface area contributed by atoms with Crippen molar-refractivity contribution in [2.75, 3.05) is 0 Å². The zero-order chi connectivity index (χ0) is 13.6. The summed E-state index contributed by atoms with van der Waals surface area (Å²) < 4.78 is 0.732. The lowest BCUT2D eigenvalue weighted by Gasteiger charge is -2.37. The highest BCUT2D eigenvalue weighted by molar-refractivity contribution is 9.10. The predicted octanol–water partition coefficient (Wildman–Crippen LogP) is 3.23. The molecule has 3 rings (SSSR count). The molecular weight excluding hydrogens is 330 g/mol. The van der Waals surface area contributed by atoms with Gasteiger partial charge in [0.15, 0.2) is 0 Å². The van der Waals surface area contributed by atoms with Crippen molar-refractivity contribution in [3.8, 4) is 0 Å². The van der Waals surface area contributed by atoms with Crippen LogP contribution in [0.2, 0.25) is 5.02 Å². The normalized spacial score (nSPS) is 29.6. The molecule has 1 amide bonds. The first-order chi connectivity index (χ1) is 9.08. The van der Waals surface area contributed by atoms with E-state index >= 15 is 0 Å². The van der Waals surface area contributed by atoms with Crippen molar-refractivity contribution in [1.29, 1.82) is 0 Å². The van der Waals surface area contributed by atoms with Gasteiger partial charge < -0.3 is 10.0 Å². The number of rotatable bonds is 1. The Kier molecular flexibility index (Phi) is 3.58. The van der Waals surface area contributed by atoms with Crippen molar-refractivity contribution in [1.82, 2.24) is 4.90 Å². The minimum absolute atomic E-state index is 0.0168. The van der Waals surface area contributed by atoms with Crippen LogP contribution < -0.4 is 0 Å². The van der Waals surface area contributed by atoms with Gasteiger partial charge in [-0.05, 0) is 53.7 Å². The van der Waals surface area contributed by atoms with E-state index in [1.807, 2.05) is 17.0 Å². The van der Waals surface area contributed by atoms with Crippen molar-refractivity contribution < 1.29 is 9.90 Å². The Bertz CT molecular complexity index is 488. The van der Waals surface area contributed by atoms with E-state index in [1.54, 1.807) is 6.07 Å². The second-order valence-corrected chi connectivity index (χ2v) is 6.58. The van der Waals surface area contributed by atoms with Crippen LogP contribution in [-0.4, -0.2) is 34.1 Å². The molecule has 2 atom stereocenters. The average Bonchev–Trinajstić information content (AvgIpc) is 2.61. The summed E-state index contributed by atoms with van der Waals surface area (Å²) in [5, 5.41) is 10.3. The van der Waals surface area contributed by atoms with E-state index < -0.39 is 0 Å². The second kappa shape index (κ2) is 5.08. The molecule has 102 valence electrons. The van der Waals surface area contributed by atoms with Crippen LogP contribution in [0.25, 0.3) is 0 Å². The molecule has 1 aromatic rings. The van der Waals surface area contributed by atoms with Gasteiger partial charge in [-0.2, -0.15) is 0 Å². The highest BCUT2D eigenvalue weighted by Gasteiger charge is 2.43. The highest BCUT2D eigenvalue weighted by atomic mass is 79.9. The minimum atomic E-state index is -0.267. The SMILES string of the molecule is O=C(c1c(Cl)cccc1Br)N1C2CCC1CC(O)C2. The van der Waals surface area contributed by atoms with Crippen LogP contribution in [0.5, 0.6) is 0 Å². The Morgan fingerprint density at radius 3 is 2.53 bits per heavy atom. The molecule has 0 aliphatic carbocycles. The van der Waals surface area contributed by atoms with Crippen LogP contribution >= 0.6 is 27.5 Å². The summed E-state index contributed by atoms with van der Waals surface area (Å²) in [5.41, 5.74) is 0.539. The van der Waals surface area contributed by atoms with Crippen molar-refractivity contribution in [2.24, 2.45) is 0 Å². The lowest BCUT2D eigenvalue weighted by Crippen LogP contribution is -2.48. The highest BCUT2D eigenvalue weighted by Crippen LogP contribution is 2.38. The van der Waals surface area contributed by atoms with Crippen molar-refractivity contribution in [3.05, 3.63) is 33.3 Å². The summed E-state index contributed by atoms with van der Waals surface area (Å²) in [6, 6.07) is 5.70. The molecule has 2 fully saturated rings. The number of aliphatic hydroxyl groups is 1. The quantitative estimate of drug-likeness (QED) is 0.850. The fourth-order valence-corrected chi connectivity index (χ4v) is 4.22. The van der Waals surface area contributed by atoms with Crippen LogP contribution in [0.3, 0.4) is 0 Å². The van der Waals surface area contributed by atoms with Gasteiger partial charge in [0.05, 0.1) is 16.7 Å². The molecule has 1 N–H and O–H groups in total. The number of carbonyl (C=O) groups excluding carboxylic acids is 1. The first-order valence-electron chi connectivity index (χ1n) is 6.52. The number of carbonyl (C=O) groups is 1. The molecule has 1 aromatic carbocycles. The van der Waals surface area contributed by atoms with Gasteiger partial charge in [-0.25, -0.2) is 0 Å². The fourth-order valence-electron chi connectivity index (χ4n) is 3.31. The number of fused-ring (bicyclic) bond motifs is 2. The molecule has 0 radical (unpaired) electrons. The maximum atomic E-state index is 12.7. The van der Waals surface area contributed by atoms with Crippen LogP contribution in [0.15, 0.2) is 22.7 Å². The molecule has 2 aliphatic heterocycles. The van der Waals surface area contributed by atoms with E-state index in [1.165, 1.54) is 0 Å². The number of nitrogens with zero attached hydrogens (tertiary/aromatic N) is 1. The third kappa shape index (κ3) is 2.30. The third-order valence-corrected chi connectivity index (χ3v) is 5.10. The monoisotopic (exact) mass is 343 g/mol. The van der Waals surface area contributed by atoms with Gasteiger partial charge in [-0.1, -0.05) is 17.7 Å². The first kappa shape index (κ1) is 13.4. The van der Waals surface area contributed by atoms with E-state index in [4.69, 9.17) is 11.6 Å². The molecule has 0 spiro atoms. The molecule has 2 aliphatic rings. The standard InChI is InChI=1S/C14H15BrClNO2/c15-11-2-1-3-12(16)13(11)14(19)17-8-4-5-9(17)7-10(18)6-8/h1-3,8-10,18H,4-7H2. The number of hydrogen-bond acceptors (Lipinski definition) is 2. The predicted molar refractivity (Wildman–Crippen MR) is 77.4 cm³/mol. The Hall–Kier alpha value is -0.580. The fraction of sp³-hybridized carbons (Fsp3) is 0.500. The maximum Gasteiger partial charge on any atom is 0.257 e. The van der Waals surface area contributed by atoms with Gasteiger partial charge in [-0.15, -0.1) is 0 Å². The van der Waals surface area contributed by atoms with Gasteiger partial charge >= 0.3 is 0 Å². The van der Waals surface area contributed by atoms with Crippen LogP contribution in [0.1, 0.15) is 36.0 Å². The molecule has 2 saturated heterocycles. The largest absolute Gasteiger partial charge is 0.393 e. The van der Waals surface area contributed by atoms with Crippen LogP contribution in [0, 0.1) is 0 Å². The van der Waals surface area contributed by atoms with Gasteiger partial charge in [-0.3, -0.25) is 4.79 Å². The van der Waals surface area contributed by atoms with Gasteiger partial charge in [0, 0.05) is 16.6 Å². The van der Waals surface area contributed by atoms with Gasteiger partial charge in [0.25, 0.3) is 5.91 Å². The van der Waals surface area contributed by atoms with Gasteiger partial charge in [0.1, 0.15) is 0 Å². The lowest BCUT2D eigenvalue weighted by atomic mass is 9.98. The molecule has 0 aromatic heterocycles. The summed E-state index contributed by atoms with van der Waals surface area (Å²) in [6.07, 6.45) is 3.07. The summed E-state index contributed by atoms with van der Waals surface area (Å²) in [5.74, 6) is -0.0168. The molecule has 5 heteroatoms. The number of benzene rings is 1. The van der Waals surface area contributed by atoms with Crippen molar-refractivity contribution in [2.45, 2.75) is 43.9 Å².